The van der Waals surface area contributed by atoms with E-state index in [2.05, 4.69) is 21.8 Å². The van der Waals surface area contributed by atoms with E-state index in [0.717, 1.165) is 44.7 Å². The Labute approximate surface area is 159 Å². The van der Waals surface area contributed by atoms with E-state index in [4.69, 9.17) is 10.5 Å². The van der Waals surface area contributed by atoms with Crippen LogP contribution in [-0.4, -0.2) is 63.4 Å². The number of allylic oxidation sites excluding steroid dienone is 1. The van der Waals surface area contributed by atoms with Crippen molar-refractivity contribution in [1.29, 1.82) is 0 Å². The van der Waals surface area contributed by atoms with E-state index in [1.165, 1.54) is 19.4 Å². The molecule has 2 aliphatic heterocycles. The molecular weight excluding hydrogens is 346 g/mol. The molecule has 8 nitrogen and oxygen atoms in total. The van der Waals surface area contributed by atoms with Gasteiger partial charge in [0.1, 0.15) is 0 Å². The van der Waals surface area contributed by atoms with E-state index in [-0.39, 0.29) is 11.4 Å². The third-order valence-corrected chi connectivity index (χ3v) is 5.63. The van der Waals surface area contributed by atoms with Gasteiger partial charge >= 0.3 is 5.69 Å². The van der Waals surface area contributed by atoms with Crippen LogP contribution in [0.4, 0.5) is 11.4 Å². The molecule has 0 unspecified atom stereocenters. The minimum absolute atomic E-state index is 0.0748. The van der Waals surface area contributed by atoms with Crippen molar-refractivity contribution in [3.63, 3.8) is 0 Å². The number of nitro groups is 1. The number of hydrogen-bond donors (Lipinski definition) is 1. The molecule has 0 saturated carbocycles. The van der Waals surface area contributed by atoms with Gasteiger partial charge in [-0.15, -0.1) is 0 Å². The number of likely N-dealkylation sites (tertiary alicyclic amines) is 1. The van der Waals surface area contributed by atoms with Crippen molar-refractivity contribution in [2.75, 3.05) is 52.3 Å². The van der Waals surface area contributed by atoms with E-state index in [1.54, 1.807) is 19.3 Å². The Hall–Kier alpha value is -2.61. The number of hydrogen-bond acceptors (Lipinski definition) is 7. The maximum absolute atomic E-state index is 11.5. The Kier molecular flexibility index (Phi) is 5.36. The summed E-state index contributed by atoms with van der Waals surface area (Å²) < 4.78 is 5.29. The first kappa shape index (κ1) is 19.2. The third-order valence-electron chi connectivity index (χ3n) is 5.63. The van der Waals surface area contributed by atoms with Gasteiger partial charge in [0, 0.05) is 74.6 Å². The summed E-state index contributed by atoms with van der Waals surface area (Å²) in [5.41, 5.74) is 8.41. The van der Waals surface area contributed by atoms with Crippen LogP contribution in [0.3, 0.4) is 0 Å². The molecule has 0 bridgehead atoms. The van der Waals surface area contributed by atoms with Gasteiger partial charge in [0.15, 0.2) is 5.75 Å². The second-order valence-electron chi connectivity index (χ2n) is 7.47. The molecule has 1 aromatic carbocycles. The number of benzene rings is 1. The van der Waals surface area contributed by atoms with Crippen LogP contribution in [0.5, 0.6) is 5.75 Å². The summed E-state index contributed by atoms with van der Waals surface area (Å²) in [5, 5.41) is 11.5. The zero-order chi connectivity index (χ0) is 19.6. The largest absolute Gasteiger partial charge is 0.490 e. The van der Waals surface area contributed by atoms with Gasteiger partial charge in [-0.05, 0) is 25.3 Å². The lowest BCUT2D eigenvalue weighted by Gasteiger charge is -2.53. The molecule has 0 aliphatic carbocycles. The topological polar surface area (TPSA) is 97.2 Å². The van der Waals surface area contributed by atoms with Crippen molar-refractivity contribution in [1.82, 2.24) is 4.90 Å². The van der Waals surface area contributed by atoms with E-state index < -0.39 is 4.92 Å². The standard InChI is InChI=1S/C19H27N5O3/c1-21-11-14(10-20)15-8-17(24(25)26)18(27-3)9-16(15)23-6-4-19(5-7-23)12-22(2)13-19/h8-11H,4-7,12-13,20H2,1-3H3. The number of ether oxygens (including phenoxy) is 1. The smallest absolute Gasteiger partial charge is 0.311 e. The first-order valence-corrected chi connectivity index (χ1v) is 9.07. The first-order chi connectivity index (χ1) is 12.9. The second kappa shape index (κ2) is 7.56. The van der Waals surface area contributed by atoms with Gasteiger partial charge in [-0.2, -0.15) is 0 Å². The maximum atomic E-state index is 11.5. The number of nitrogens with zero attached hydrogens (tertiary/aromatic N) is 4. The van der Waals surface area contributed by atoms with Crippen LogP contribution >= 0.6 is 0 Å². The molecule has 2 fully saturated rings. The monoisotopic (exact) mass is 373 g/mol. The average molecular weight is 373 g/mol. The van der Waals surface area contributed by atoms with E-state index >= 15 is 0 Å². The third kappa shape index (κ3) is 3.62. The van der Waals surface area contributed by atoms with Crippen molar-refractivity contribution in [2.24, 2.45) is 16.1 Å². The predicted octanol–water partition coefficient (Wildman–Crippen LogP) is 2.14. The molecule has 3 rings (SSSR count). The Balaban J connectivity index is 1.98. The lowest BCUT2D eigenvalue weighted by atomic mass is 9.72. The number of nitrogens with two attached hydrogens (primary N) is 1. The molecule has 2 aliphatic rings. The Morgan fingerprint density at radius 2 is 2.04 bits per heavy atom. The van der Waals surface area contributed by atoms with Gasteiger partial charge < -0.3 is 20.3 Å². The molecule has 146 valence electrons. The molecule has 8 heteroatoms. The number of rotatable bonds is 5. The minimum atomic E-state index is -0.432. The number of aliphatic imine (C=N–C) groups is 1. The maximum Gasteiger partial charge on any atom is 0.311 e. The molecule has 0 atom stereocenters. The highest BCUT2D eigenvalue weighted by atomic mass is 16.6. The van der Waals surface area contributed by atoms with Crippen LogP contribution in [0.2, 0.25) is 0 Å². The lowest BCUT2D eigenvalue weighted by Crippen LogP contribution is -2.58. The molecule has 27 heavy (non-hydrogen) atoms. The van der Waals surface area contributed by atoms with E-state index in [9.17, 15) is 10.1 Å². The van der Waals surface area contributed by atoms with Crippen LogP contribution in [0, 0.1) is 15.5 Å². The van der Waals surface area contributed by atoms with Gasteiger partial charge in [0.05, 0.1) is 12.0 Å². The molecule has 0 radical (unpaired) electrons. The lowest BCUT2D eigenvalue weighted by molar-refractivity contribution is -0.385. The average Bonchev–Trinajstić information content (AvgIpc) is 2.64. The molecule has 1 aromatic rings. The summed E-state index contributed by atoms with van der Waals surface area (Å²) in [5.74, 6) is 0.257. The summed E-state index contributed by atoms with van der Waals surface area (Å²) in [4.78, 5) is 19.7. The fraction of sp³-hybridized carbons (Fsp3) is 0.526. The molecule has 0 aromatic heterocycles. The van der Waals surface area contributed by atoms with Crippen LogP contribution in [0.1, 0.15) is 18.4 Å². The fourth-order valence-electron chi connectivity index (χ4n) is 4.34. The van der Waals surface area contributed by atoms with Crippen molar-refractivity contribution >= 4 is 23.2 Å². The van der Waals surface area contributed by atoms with Gasteiger partial charge in [0.2, 0.25) is 0 Å². The number of methoxy groups -OCH3 is 1. The predicted molar refractivity (Wildman–Crippen MR) is 108 cm³/mol. The molecule has 2 saturated heterocycles. The fourth-order valence-corrected chi connectivity index (χ4v) is 4.34. The van der Waals surface area contributed by atoms with E-state index in [1.807, 2.05) is 0 Å². The van der Waals surface area contributed by atoms with Crippen molar-refractivity contribution in [2.45, 2.75) is 12.8 Å². The summed E-state index contributed by atoms with van der Waals surface area (Å²) in [6.07, 6.45) is 5.29. The molecule has 0 amide bonds. The molecule has 1 spiro atoms. The zero-order valence-electron chi connectivity index (χ0n) is 16.1. The summed E-state index contributed by atoms with van der Waals surface area (Å²) in [6.45, 7) is 4.10. The van der Waals surface area contributed by atoms with Crippen LogP contribution in [0.25, 0.3) is 5.57 Å². The van der Waals surface area contributed by atoms with Crippen molar-refractivity contribution < 1.29 is 9.66 Å². The van der Waals surface area contributed by atoms with Crippen molar-refractivity contribution in [3.8, 4) is 5.75 Å². The summed E-state index contributed by atoms with van der Waals surface area (Å²) >= 11 is 0. The quantitative estimate of drug-likeness (QED) is 0.482. The number of anilines is 1. The SMILES string of the molecule is CN=CC(=CN)c1cc([N+](=O)[O-])c(OC)cc1N1CCC2(CC1)CN(C)C2. The van der Waals surface area contributed by atoms with Gasteiger partial charge in [-0.3, -0.25) is 15.1 Å². The molecule has 2 heterocycles. The highest BCUT2D eigenvalue weighted by molar-refractivity contribution is 6.12. The van der Waals surface area contributed by atoms with Crippen LogP contribution < -0.4 is 15.4 Å². The van der Waals surface area contributed by atoms with Crippen LogP contribution in [-0.2, 0) is 0 Å². The second-order valence-corrected chi connectivity index (χ2v) is 7.47. The van der Waals surface area contributed by atoms with Gasteiger partial charge in [-0.25, -0.2) is 0 Å². The zero-order valence-corrected chi connectivity index (χ0v) is 16.1. The highest BCUT2D eigenvalue weighted by Crippen LogP contribution is 2.43. The summed E-state index contributed by atoms with van der Waals surface area (Å²) in [6, 6.07) is 3.29. The van der Waals surface area contributed by atoms with E-state index in [0.29, 0.717) is 16.6 Å². The van der Waals surface area contributed by atoms with Gasteiger partial charge in [-0.1, -0.05) is 0 Å². The Morgan fingerprint density at radius 1 is 1.37 bits per heavy atom. The van der Waals surface area contributed by atoms with Crippen LogP contribution in [0.15, 0.2) is 23.3 Å². The first-order valence-electron chi connectivity index (χ1n) is 9.07. The highest BCUT2D eigenvalue weighted by Gasteiger charge is 2.43. The Bertz CT molecular complexity index is 774. The Morgan fingerprint density at radius 3 is 2.52 bits per heavy atom. The van der Waals surface area contributed by atoms with Gasteiger partial charge in [0.25, 0.3) is 0 Å². The molecule has 2 N–H and O–H groups in total. The minimum Gasteiger partial charge on any atom is -0.490 e. The number of nitro benzene ring substituents is 1. The summed E-state index contributed by atoms with van der Waals surface area (Å²) in [7, 11) is 5.26. The normalized spacial score (nSPS) is 20.1. The molecular formula is C19H27N5O3. The number of piperidine rings is 1. The van der Waals surface area contributed by atoms with Crippen molar-refractivity contribution in [3.05, 3.63) is 34.0 Å².